The maximum atomic E-state index is 13.0. The van der Waals surface area contributed by atoms with Gasteiger partial charge < -0.3 is 20.6 Å². The average Bonchev–Trinajstić information content (AvgIpc) is 3.54. The number of benzene rings is 1. The van der Waals surface area contributed by atoms with Gasteiger partial charge >= 0.3 is 5.97 Å². The molecule has 0 saturated carbocycles. The summed E-state index contributed by atoms with van der Waals surface area (Å²) < 4.78 is 1.78. The van der Waals surface area contributed by atoms with Crippen molar-refractivity contribution in [3.8, 4) is 5.69 Å². The van der Waals surface area contributed by atoms with Crippen molar-refractivity contribution in [2.45, 2.75) is 58.4 Å². The Labute approximate surface area is 229 Å². The van der Waals surface area contributed by atoms with E-state index in [1.54, 1.807) is 22.9 Å². The van der Waals surface area contributed by atoms with Crippen LogP contribution in [0.4, 0.5) is 5.82 Å². The number of hydrogen-bond donors (Lipinski definition) is 3. The molecule has 1 aromatic carbocycles. The number of carbonyl (C=O) groups is 2. The van der Waals surface area contributed by atoms with Gasteiger partial charge in [-0.3, -0.25) is 4.79 Å². The number of nitrogens with zero attached hydrogens (tertiary/aromatic N) is 4. The molecule has 0 aliphatic carbocycles. The van der Waals surface area contributed by atoms with Crippen molar-refractivity contribution in [2.24, 2.45) is 5.92 Å². The monoisotopic (exact) mass is 530 g/mol. The van der Waals surface area contributed by atoms with E-state index in [0.29, 0.717) is 24.4 Å². The molecule has 206 valence electrons. The zero-order chi connectivity index (χ0) is 27.4. The second-order valence-electron chi connectivity index (χ2n) is 10.9. The Morgan fingerprint density at radius 1 is 1.21 bits per heavy atom. The van der Waals surface area contributed by atoms with Crippen LogP contribution in [-0.2, 0) is 17.6 Å². The number of anilines is 1. The number of aryl methyl sites for hydroxylation is 4. The lowest BCUT2D eigenvalue weighted by molar-refractivity contribution is -0.139. The number of carboxylic acids is 1. The van der Waals surface area contributed by atoms with Crippen molar-refractivity contribution < 1.29 is 14.7 Å². The Morgan fingerprint density at radius 2 is 2.08 bits per heavy atom. The van der Waals surface area contributed by atoms with E-state index in [2.05, 4.69) is 32.8 Å². The number of nitrogens with one attached hydrogen (secondary N) is 2. The molecule has 3 aromatic rings. The smallest absolute Gasteiger partial charge is 0.326 e. The van der Waals surface area contributed by atoms with E-state index in [1.807, 2.05) is 26.0 Å². The molecule has 0 radical (unpaired) electrons. The Bertz CT molecular complexity index is 1340. The fourth-order valence-electron chi connectivity index (χ4n) is 5.69. The van der Waals surface area contributed by atoms with E-state index in [4.69, 9.17) is 4.98 Å². The van der Waals surface area contributed by atoms with Crippen molar-refractivity contribution in [1.82, 2.24) is 25.0 Å². The summed E-state index contributed by atoms with van der Waals surface area (Å²) in [5.41, 5.74) is 5.49. The van der Waals surface area contributed by atoms with Gasteiger partial charge in [0, 0.05) is 36.6 Å². The number of rotatable bonds is 10. The van der Waals surface area contributed by atoms with Gasteiger partial charge in [0.25, 0.3) is 5.91 Å². The molecule has 9 nitrogen and oxygen atoms in total. The molecule has 2 aliphatic heterocycles. The predicted molar refractivity (Wildman–Crippen MR) is 150 cm³/mol. The van der Waals surface area contributed by atoms with E-state index in [-0.39, 0.29) is 0 Å². The number of amides is 1. The normalized spacial score (nSPS) is 17.8. The molecule has 39 heavy (non-hydrogen) atoms. The maximum absolute atomic E-state index is 13.0. The van der Waals surface area contributed by atoms with Gasteiger partial charge in [-0.1, -0.05) is 12.1 Å². The number of likely N-dealkylation sites (tertiary alicyclic amines) is 1. The highest BCUT2D eigenvalue weighted by atomic mass is 16.4. The molecule has 0 unspecified atom stereocenters. The summed E-state index contributed by atoms with van der Waals surface area (Å²) in [6, 6.07) is 12.5. The molecule has 0 bridgehead atoms. The fraction of sp³-hybridized carbons (Fsp3) is 0.467. The molecule has 1 saturated heterocycles. The third kappa shape index (κ3) is 6.65. The molecule has 1 amide bonds. The molecule has 2 aliphatic rings. The Morgan fingerprint density at radius 3 is 2.87 bits per heavy atom. The Balaban J connectivity index is 1.11. The highest BCUT2D eigenvalue weighted by Gasteiger charge is 2.26. The first kappa shape index (κ1) is 26.9. The van der Waals surface area contributed by atoms with Crippen molar-refractivity contribution in [3.05, 3.63) is 70.7 Å². The first-order valence-electron chi connectivity index (χ1n) is 14.0. The summed E-state index contributed by atoms with van der Waals surface area (Å²) in [6.07, 6.45) is 5.76. The quantitative estimate of drug-likeness (QED) is 0.366. The van der Waals surface area contributed by atoms with Crippen molar-refractivity contribution in [2.75, 3.05) is 31.5 Å². The van der Waals surface area contributed by atoms with Gasteiger partial charge in [-0.15, -0.1) is 0 Å². The van der Waals surface area contributed by atoms with E-state index in [0.717, 1.165) is 80.3 Å². The van der Waals surface area contributed by atoms with E-state index in [9.17, 15) is 14.7 Å². The molecule has 0 spiro atoms. The fourth-order valence-corrected chi connectivity index (χ4v) is 5.69. The molecule has 2 aromatic heterocycles. The summed E-state index contributed by atoms with van der Waals surface area (Å²) in [6.45, 7) is 7.42. The highest BCUT2D eigenvalue weighted by Crippen LogP contribution is 2.24. The third-order valence-corrected chi connectivity index (χ3v) is 7.83. The largest absolute Gasteiger partial charge is 0.480 e. The summed E-state index contributed by atoms with van der Waals surface area (Å²) in [5.74, 6) is 0.218. The third-order valence-electron chi connectivity index (χ3n) is 7.83. The van der Waals surface area contributed by atoms with E-state index < -0.39 is 17.9 Å². The van der Waals surface area contributed by atoms with Gasteiger partial charge in [0.1, 0.15) is 11.9 Å². The SMILES string of the molecule is Cc1cc(C)n(-c2cccc(C(=O)N[C@@H](CCN3CC[C@H](CCc4ccc5c(n4)NCCC5)C3)C(=O)O)c2)n1. The summed E-state index contributed by atoms with van der Waals surface area (Å²) >= 11 is 0. The first-order valence-corrected chi connectivity index (χ1v) is 14.0. The molecule has 3 N–H and O–H groups in total. The topological polar surface area (TPSA) is 112 Å². The molecule has 2 atom stereocenters. The molecular weight excluding hydrogens is 492 g/mol. The van der Waals surface area contributed by atoms with Crippen LogP contribution in [0.5, 0.6) is 0 Å². The minimum absolute atomic E-state index is 0.364. The van der Waals surface area contributed by atoms with Gasteiger partial charge in [0.2, 0.25) is 0 Å². The van der Waals surface area contributed by atoms with Crippen LogP contribution in [0, 0.1) is 19.8 Å². The molecular formula is C30H38N6O3. The number of aromatic nitrogens is 3. The minimum Gasteiger partial charge on any atom is -0.480 e. The van der Waals surface area contributed by atoms with Gasteiger partial charge in [0.15, 0.2) is 0 Å². The second kappa shape index (κ2) is 12.0. The molecule has 1 fully saturated rings. The van der Waals surface area contributed by atoms with Crippen molar-refractivity contribution in [1.29, 1.82) is 0 Å². The number of hydrogen-bond acceptors (Lipinski definition) is 6. The van der Waals surface area contributed by atoms with Crippen LogP contribution in [-0.4, -0.2) is 68.9 Å². The Kier molecular flexibility index (Phi) is 8.26. The predicted octanol–water partition coefficient (Wildman–Crippen LogP) is 3.77. The van der Waals surface area contributed by atoms with Crippen LogP contribution in [0.15, 0.2) is 42.5 Å². The van der Waals surface area contributed by atoms with E-state index >= 15 is 0 Å². The van der Waals surface area contributed by atoms with Crippen LogP contribution >= 0.6 is 0 Å². The lowest BCUT2D eigenvalue weighted by atomic mass is 10.00. The van der Waals surface area contributed by atoms with Gasteiger partial charge in [0.05, 0.1) is 11.4 Å². The Hall–Kier alpha value is -3.72. The van der Waals surface area contributed by atoms with Crippen LogP contribution < -0.4 is 10.6 Å². The van der Waals surface area contributed by atoms with E-state index in [1.165, 1.54) is 5.56 Å². The summed E-state index contributed by atoms with van der Waals surface area (Å²) in [4.78, 5) is 32.1. The molecule has 9 heteroatoms. The standard InChI is InChI=1S/C30H38N6O3/c1-20-17-21(2)36(34-20)26-7-3-5-24(18-26)29(37)33-27(30(38)39)13-16-35-15-12-22(19-35)8-10-25-11-9-23-6-4-14-31-28(23)32-25/h3,5,7,9,11,17-18,22,27H,4,6,8,10,12-16,19H2,1-2H3,(H,31,32)(H,33,37)(H,38,39)/t22-,27-/m0/s1. The zero-order valence-electron chi connectivity index (χ0n) is 22.8. The van der Waals surface area contributed by atoms with Crippen molar-refractivity contribution in [3.63, 3.8) is 0 Å². The number of carboxylic acid groups (broad SMARTS) is 1. The number of aliphatic carboxylic acids is 1. The van der Waals surface area contributed by atoms with Gasteiger partial charge in [-0.05, 0) is 101 Å². The number of pyridine rings is 1. The first-order chi connectivity index (χ1) is 18.9. The molecule has 5 rings (SSSR count). The average molecular weight is 531 g/mol. The number of carbonyl (C=O) groups excluding carboxylic acids is 1. The van der Waals surface area contributed by atoms with Gasteiger partial charge in [-0.25, -0.2) is 14.5 Å². The zero-order valence-corrected chi connectivity index (χ0v) is 22.8. The minimum atomic E-state index is -1.01. The summed E-state index contributed by atoms with van der Waals surface area (Å²) in [5, 5.41) is 20.4. The van der Waals surface area contributed by atoms with Crippen LogP contribution in [0.1, 0.15) is 58.7 Å². The maximum Gasteiger partial charge on any atom is 0.326 e. The lowest BCUT2D eigenvalue weighted by Gasteiger charge is -2.20. The van der Waals surface area contributed by atoms with Gasteiger partial charge in [-0.2, -0.15) is 5.10 Å². The van der Waals surface area contributed by atoms with Crippen LogP contribution in [0.25, 0.3) is 5.69 Å². The highest BCUT2D eigenvalue weighted by molar-refractivity contribution is 5.97. The molecule has 4 heterocycles. The second-order valence-corrected chi connectivity index (χ2v) is 10.9. The van der Waals surface area contributed by atoms with Crippen LogP contribution in [0.2, 0.25) is 0 Å². The lowest BCUT2D eigenvalue weighted by Crippen LogP contribution is -2.43. The number of fused-ring (bicyclic) bond motifs is 1. The summed E-state index contributed by atoms with van der Waals surface area (Å²) in [7, 11) is 0. The van der Waals surface area contributed by atoms with Crippen molar-refractivity contribution >= 4 is 17.7 Å². The van der Waals surface area contributed by atoms with Crippen LogP contribution in [0.3, 0.4) is 0 Å².